The number of thioether (sulfide) groups is 1. The van der Waals surface area contributed by atoms with E-state index in [2.05, 4.69) is 28.5 Å². The summed E-state index contributed by atoms with van der Waals surface area (Å²) in [6.45, 7) is 2.05. The van der Waals surface area contributed by atoms with E-state index >= 15 is 0 Å². The minimum Gasteiger partial charge on any atom is -0.368 e. The maximum atomic E-state index is 12.7. The number of carbonyl (C=O) groups is 1. The standard InChI is InChI=1S/C21H24N6O2S/c1-25-15-22-23-20(25)30-14-18(28)26-10-8-21(9-11-26)19-16(7-12-29-21)13-27(24-19)17-5-3-2-4-6-17/h2-6,13,15H,7-12,14H2,1H3. The summed E-state index contributed by atoms with van der Waals surface area (Å²) in [5.74, 6) is 0.498. The van der Waals surface area contributed by atoms with Crippen LogP contribution in [0.2, 0.25) is 0 Å². The van der Waals surface area contributed by atoms with E-state index in [1.165, 1.54) is 17.3 Å². The molecule has 30 heavy (non-hydrogen) atoms. The van der Waals surface area contributed by atoms with Gasteiger partial charge in [-0.3, -0.25) is 4.79 Å². The van der Waals surface area contributed by atoms with Crippen LogP contribution in [0.1, 0.15) is 24.1 Å². The number of ether oxygens (including phenoxy) is 1. The van der Waals surface area contributed by atoms with Crippen LogP contribution in [0.25, 0.3) is 5.69 Å². The first-order valence-corrected chi connectivity index (χ1v) is 11.2. The molecule has 1 fully saturated rings. The first-order valence-electron chi connectivity index (χ1n) is 10.2. The van der Waals surface area contributed by atoms with Crippen LogP contribution in [-0.2, 0) is 28.6 Å². The average Bonchev–Trinajstić information content (AvgIpc) is 3.40. The average molecular weight is 425 g/mol. The number of hydrogen-bond acceptors (Lipinski definition) is 6. The van der Waals surface area contributed by atoms with Gasteiger partial charge in [0.15, 0.2) is 5.16 Å². The number of piperidine rings is 1. The van der Waals surface area contributed by atoms with Gasteiger partial charge in [-0.2, -0.15) is 5.10 Å². The van der Waals surface area contributed by atoms with Gasteiger partial charge >= 0.3 is 0 Å². The predicted octanol–water partition coefficient (Wildman–Crippen LogP) is 2.18. The highest BCUT2D eigenvalue weighted by Crippen LogP contribution is 2.41. The Balaban J connectivity index is 1.27. The van der Waals surface area contributed by atoms with Gasteiger partial charge in [0.05, 0.1) is 23.7 Å². The van der Waals surface area contributed by atoms with Gasteiger partial charge in [-0.15, -0.1) is 10.2 Å². The third-order valence-electron chi connectivity index (χ3n) is 5.91. The van der Waals surface area contributed by atoms with Crippen molar-refractivity contribution in [3.63, 3.8) is 0 Å². The minimum absolute atomic E-state index is 0.128. The van der Waals surface area contributed by atoms with Gasteiger partial charge in [-0.1, -0.05) is 30.0 Å². The van der Waals surface area contributed by atoms with E-state index in [4.69, 9.17) is 9.84 Å². The first-order chi connectivity index (χ1) is 14.6. The fourth-order valence-corrected chi connectivity index (χ4v) is 5.02. The lowest BCUT2D eigenvalue weighted by Gasteiger charge is -2.43. The molecule has 156 valence electrons. The summed E-state index contributed by atoms with van der Waals surface area (Å²) < 4.78 is 10.1. The van der Waals surface area contributed by atoms with Crippen molar-refractivity contribution in [3.8, 4) is 5.69 Å². The Morgan fingerprint density at radius 2 is 2.03 bits per heavy atom. The van der Waals surface area contributed by atoms with Gasteiger partial charge in [0.1, 0.15) is 11.9 Å². The molecule has 9 heteroatoms. The molecule has 0 atom stereocenters. The van der Waals surface area contributed by atoms with Crippen LogP contribution in [0.15, 0.2) is 48.0 Å². The lowest BCUT2D eigenvalue weighted by atomic mass is 9.84. The van der Waals surface area contributed by atoms with Crippen molar-refractivity contribution in [1.29, 1.82) is 0 Å². The highest BCUT2D eigenvalue weighted by Gasteiger charge is 2.44. The van der Waals surface area contributed by atoms with Crippen LogP contribution < -0.4 is 0 Å². The topological polar surface area (TPSA) is 78.1 Å². The summed E-state index contributed by atoms with van der Waals surface area (Å²) in [6.07, 6.45) is 6.19. The number of fused-ring (bicyclic) bond motifs is 2. The zero-order valence-electron chi connectivity index (χ0n) is 16.9. The molecule has 0 unspecified atom stereocenters. The third-order valence-corrected chi connectivity index (χ3v) is 6.93. The van der Waals surface area contributed by atoms with Crippen LogP contribution >= 0.6 is 11.8 Å². The fraction of sp³-hybridized carbons (Fsp3) is 0.429. The SMILES string of the molecule is Cn1cnnc1SCC(=O)N1CCC2(CC1)OCCc1cn(-c3ccccc3)nc12. The zero-order valence-corrected chi connectivity index (χ0v) is 17.7. The second kappa shape index (κ2) is 7.88. The van der Waals surface area contributed by atoms with E-state index in [0.717, 1.165) is 35.8 Å². The number of likely N-dealkylation sites (tertiary alicyclic amines) is 1. The summed E-state index contributed by atoms with van der Waals surface area (Å²) in [5, 5.41) is 13.6. The second-order valence-corrected chi connectivity index (χ2v) is 8.71. The third kappa shape index (κ3) is 3.52. The highest BCUT2D eigenvalue weighted by molar-refractivity contribution is 7.99. The van der Waals surface area contributed by atoms with E-state index < -0.39 is 0 Å². The molecule has 3 aromatic rings. The van der Waals surface area contributed by atoms with Crippen molar-refractivity contribution < 1.29 is 9.53 Å². The number of amides is 1. The number of carbonyl (C=O) groups excluding carboxylic acids is 1. The second-order valence-electron chi connectivity index (χ2n) is 7.77. The Morgan fingerprint density at radius 3 is 2.77 bits per heavy atom. The monoisotopic (exact) mass is 424 g/mol. The Hall–Kier alpha value is -2.65. The molecular formula is C21H24N6O2S. The Morgan fingerprint density at radius 1 is 1.23 bits per heavy atom. The van der Waals surface area contributed by atoms with E-state index in [-0.39, 0.29) is 11.5 Å². The molecule has 5 rings (SSSR count). The van der Waals surface area contributed by atoms with E-state index in [0.29, 0.717) is 25.4 Å². The van der Waals surface area contributed by atoms with Crippen LogP contribution in [-0.4, -0.2) is 60.8 Å². The van der Waals surface area contributed by atoms with Crippen molar-refractivity contribution in [2.75, 3.05) is 25.4 Å². The van der Waals surface area contributed by atoms with E-state index in [1.807, 2.05) is 39.4 Å². The molecule has 0 bridgehead atoms. The smallest absolute Gasteiger partial charge is 0.233 e. The lowest BCUT2D eigenvalue weighted by Crippen LogP contribution is -2.49. The van der Waals surface area contributed by atoms with Crippen LogP contribution in [0.3, 0.4) is 0 Å². The summed E-state index contributed by atoms with van der Waals surface area (Å²) >= 11 is 1.42. The summed E-state index contributed by atoms with van der Waals surface area (Å²) in [4.78, 5) is 14.6. The van der Waals surface area contributed by atoms with Gasteiger partial charge in [-0.05, 0) is 37.0 Å². The van der Waals surface area contributed by atoms with Crippen LogP contribution in [0.5, 0.6) is 0 Å². The van der Waals surface area contributed by atoms with Gasteiger partial charge < -0.3 is 14.2 Å². The van der Waals surface area contributed by atoms with Gasteiger partial charge in [0.2, 0.25) is 5.91 Å². The molecule has 2 aromatic heterocycles. The Kier molecular flexibility index (Phi) is 5.08. The van der Waals surface area contributed by atoms with Crippen molar-refractivity contribution in [1.82, 2.24) is 29.4 Å². The zero-order chi connectivity index (χ0) is 20.6. The number of rotatable bonds is 4. The molecule has 0 aliphatic carbocycles. The van der Waals surface area contributed by atoms with Crippen molar-refractivity contribution in [2.45, 2.75) is 30.0 Å². The normalized spacial score (nSPS) is 17.8. The molecule has 0 radical (unpaired) electrons. The quantitative estimate of drug-likeness (QED) is 0.598. The number of para-hydroxylation sites is 1. The molecule has 8 nitrogen and oxygen atoms in total. The largest absolute Gasteiger partial charge is 0.368 e. The molecule has 0 saturated carbocycles. The van der Waals surface area contributed by atoms with Crippen molar-refractivity contribution >= 4 is 17.7 Å². The summed E-state index contributed by atoms with van der Waals surface area (Å²) in [7, 11) is 1.88. The van der Waals surface area contributed by atoms with Crippen molar-refractivity contribution in [3.05, 3.63) is 54.1 Å². The number of aromatic nitrogens is 5. The maximum absolute atomic E-state index is 12.7. The van der Waals surface area contributed by atoms with Crippen LogP contribution in [0.4, 0.5) is 0 Å². The highest BCUT2D eigenvalue weighted by atomic mass is 32.2. The summed E-state index contributed by atoms with van der Waals surface area (Å²) in [5.41, 5.74) is 2.96. The summed E-state index contributed by atoms with van der Waals surface area (Å²) in [6, 6.07) is 10.2. The molecule has 2 aliphatic rings. The minimum atomic E-state index is -0.388. The number of hydrogen-bond donors (Lipinski definition) is 0. The molecule has 1 amide bonds. The van der Waals surface area contributed by atoms with Crippen LogP contribution in [0, 0.1) is 0 Å². The molecule has 1 spiro atoms. The molecule has 0 N–H and O–H groups in total. The Bertz CT molecular complexity index is 1040. The fourth-order valence-electron chi connectivity index (χ4n) is 4.23. The molecular weight excluding hydrogens is 400 g/mol. The van der Waals surface area contributed by atoms with Crippen molar-refractivity contribution in [2.24, 2.45) is 7.05 Å². The lowest BCUT2D eigenvalue weighted by molar-refractivity contribution is -0.138. The number of nitrogens with zero attached hydrogens (tertiary/aromatic N) is 6. The molecule has 4 heterocycles. The van der Waals surface area contributed by atoms with E-state index in [1.54, 1.807) is 6.33 Å². The number of aryl methyl sites for hydroxylation is 1. The maximum Gasteiger partial charge on any atom is 0.233 e. The molecule has 2 aliphatic heterocycles. The number of benzene rings is 1. The predicted molar refractivity (Wildman–Crippen MR) is 112 cm³/mol. The molecule has 1 aromatic carbocycles. The molecule has 1 saturated heterocycles. The van der Waals surface area contributed by atoms with E-state index in [9.17, 15) is 4.79 Å². The first kappa shape index (κ1) is 19.3. The van der Waals surface area contributed by atoms with Gasteiger partial charge in [-0.25, -0.2) is 4.68 Å². The Labute approximate surface area is 179 Å². The van der Waals surface area contributed by atoms with Gasteiger partial charge in [0, 0.05) is 26.3 Å². The van der Waals surface area contributed by atoms with Gasteiger partial charge in [0.25, 0.3) is 0 Å².